The number of piperidine rings is 1. The summed E-state index contributed by atoms with van der Waals surface area (Å²) in [6.45, 7) is 0.548. The van der Waals surface area contributed by atoms with Gasteiger partial charge in [-0.05, 0) is 61.3 Å². The van der Waals surface area contributed by atoms with Crippen molar-refractivity contribution in [3.05, 3.63) is 75.8 Å². The highest BCUT2D eigenvalue weighted by Gasteiger charge is 2.42. The fourth-order valence-corrected chi connectivity index (χ4v) is 5.60. The lowest BCUT2D eigenvalue weighted by Crippen LogP contribution is -2.38. The molecule has 1 aromatic carbocycles. The van der Waals surface area contributed by atoms with E-state index in [1.165, 1.54) is 49.3 Å². The zero-order chi connectivity index (χ0) is 30.4. The molecule has 1 saturated heterocycles. The number of ether oxygens (including phenoxy) is 1. The standard InChI is InChI=1S/C27H25ClF6N6O2/c1-39-22(13-36-38-39)25(41,17-5-8-35-21(12-17)27(32,33)34)16-3-4-20-18(11-16)23(28)19(24(37-20)42-2)14-40-9-6-15(7-10-40)26(29,30)31/h3-5,8,11-13,15,41H,6-7,9-10,14H2,1-2H3. The summed E-state index contributed by atoms with van der Waals surface area (Å²) in [6, 6.07) is 6.55. The summed E-state index contributed by atoms with van der Waals surface area (Å²) >= 11 is 6.86. The molecule has 1 N–H and O–H groups in total. The van der Waals surface area contributed by atoms with E-state index in [9.17, 15) is 31.4 Å². The van der Waals surface area contributed by atoms with Gasteiger partial charge in [0.25, 0.3) is 0 Å². The highest BCUT2D eigenvalue weighted by molar-refractivity contribution is 6.36. The first-order valence-electron chi connectivity index (χ1n) is 12.8. The first-order valence-corrected chi connectivity index (χ1v) is 13.2. The molecule has 1 aliphatic heterocycles. The van der Waals surface area contributed by atoms with Crippen molar-refractivity contribution in [2.45, 2.75) is 37.3 Å². The number of nitrogens with zero attached hydrogens (tertiary/aromatic N) is 6. The third-order valence-corrected chi connectivity index (χ3v) is 8.01. The van der Waals surface area contributed by atoms with Crippen LogP contribution < -0.4 is 4.74 Å². The second-order valence-electron chi connectivity index (χ2n) is 10.1. The van der Waals surface area contributed by atoms with Gasteiger partial charge in [-0.1, -0.05) is 22.9 Å². The first-order chi connectivity index (χ1) is 19.7. The van der Waals surface area contributed by atoms with E-state index in [1.807, 2.05) is 4.90 Å². The molecule has 224 valence electrons. The first kappa shape index (κ1) is 30.0. The molecular formula is C27H25ClF6N6O2. The minimum absolute atomic E-state index is 0.0494. The summed E-state index contributed by atoms with van der Waals surface area (Å²) in [5.74, 6) is -1.18. The smallest absolute Gasteiger partial charge is 0.433 e. The van der Waals surface area contributed by atoms with Crippen molar-refractivity contribution >= 4 is 22.5 Å². The van der Waals surface area contributed by atoms with Gasteiger partial charge in [0.2, 0.25) is 5.88 Å². The largest absolute Gasteiger partial charge is 0.481 e. The van der Waals surface area contributed by atoms with Crippen LogP contribution >= 0.6 is 11.6 Å². The Bertz CT molecular complexity index is 1600. The van der Waals surface area contributed by atoms with Gasteiger partial charge >= 0.3 is 12.4 Å². The number of hydrogen-bond donors (Lipinski definition) is 1. The molecule has 0 radical (unpaired) electrons. The van der Waals surface area contributed by atoms with Crippen LogP contribution in [0.3, 0.4) is 0 Å². The number of benzene rings is 1. The highest BCUT2D eigenvalue weighted by Crippen LogP contribution is 2.42. The number of fused-ring (bicyclic) bond motifs is 1. The zero-order valence-electron chi connectivity index (χ0n) is 22.3. The number of pyridine rings is 2. The third kappa shape index (κ3) is 5.50. The molecule has 5 rings (SSSR count). The number of aryl methyl sites for hydroxylation is 1. The number of aliphatic hydroxyl groups is 1. The average molecular weight is 615 g/mol. The monoisotopic (exact) mass is 614 g/mol. The molecule has 3 aromatic heterocycles. The summed E-state index contributed by atoms with van der Waals surface area (Å²) in [7, 11) is 2.88. The molecule has 1 aliphatic rings. The Hall–Kier alpha value is -3.49. The molecule has 1 unspecified atom stereocenters. The summed E-state index contributed by atoms with van der Waals surface area (Å²) in [6.07, 6.45) is -6.93. The predicted octanol–water partition coefficient (Wildman–Crippen LogP) is 5.50. The van der Waals surface area contributed by atoms with Gasteiger partial charge in [0, 0.05) is 30.7 Å². The van der Waals surface area contributed by atoms with Gasteiger partial charge in [-0.3, -0.25) is 9.88 Å². The van der Waals surface area contributed by atoms with Crippen molar-refractivity contribution < 1.29 is 36.2 Å². The second kappa shape index (κ2) is 11.0. The molecule has 1 atom stereocenters. The van der Waals surface area contributed by atoms with Gasteiger partial charge < -0.3 is 9.84 Å². The zero-order valence-corrected chi connectivity index (χ0v) is 23.1. The topological polar surface area (TPSA) is 89.2 Å². The Morgan fingerprint density at radius 2 is 1.74 bits per heavy atom. The van der Waals surface area contributed by atoms with E-state index in [2.05, 4.69) is 20.3 Å². The Kier molecular flexibility index (Phi) is 7.83. The molecule has 0 spiro atoms. The van der Waals surface area contributed by atoms with Crippen LogP contribution in [0.25, 0.3) is 10.9 Å². The quantitative estimate of drug-likeness (QED) is 0.287. The van der Waals surface area contributed by atoms with Crippen molar-refractivity contribution in [2.24, 2.45) is 13.0 Å². The molecular weight excluding hydrogens is 590 g/mol. The molecule has 1 fully saturated rings. The molecule has 0 bridgehead atoms. The fraction of sp³-hybridized carbons (Fsp3) is 0.407. The predicted molar refractivity (Wildman–Crippen MR) is 140 cm³/mol. The molecule has 8 nitrogen and oxygen atoms in total. The SMILES string of the molecule is COc1nc2ccc(C(O)(c3ccnc(C(F)(F)F)c3)c3cnnn3C)cc2c(Cl)c1CN1CCC(C(F)(F)F)CC1. The van der Waals surface area contributed by atoms with Crippen molar-refractivity contribution in [3.63, 3.8) is 0 Å². The second-order valence-corrected chi connectivity index (χ2v) is 10.5. The Morgan fingerprint density at radius 3 is 2.33 bits per heavy atom. The third-order valence-electron chi connectivity index (χ3n) is 7.57. The number of hydrogen-bond acceptors (Lipinski definition) is 7. The van der Waals surface area contributed by atoms with Crippen molar-refractivity contribution in [2.75, 3.05) is 20.2 Å². The summed E-state index contributed by atoms with van der Waals surface area (Å²) < 4.78 is 86.8. The molecule has 42 heavy (non-hydrogen) atoms. The summed E-state index contributed by atoms with van der Waals surface area (Å²) in [4.78, 5) is 9.75. The number of methoxy groups -OCH3 is 1. The van der Waals surface area contributed by atoms with Gasteiger partial charge in [0.05, 0.1) is 35.5 Å². The van der Waals surface area contributed by atoms with Crippen LogP contribution in [0.2, 0.25) is 5.02 Å². The molecule has 15 heteroatoms. The summed E-state index contributed by atoms with van der Waals surface area (Å²) in [5, 5.41) is 20.4. The highest BCUT2D eigenvalue weighted by atomic mass is 35.5. The van der Waals surface area contributed by atoms with Gasteiger partial charge in [0.1, 0.15) is 5.69 Å². The minimum Gasteiger partial charge on any atom is -0.481 e. The van der Waals surface area contributed by atoms with E-state index in [0.717, 1.165) is 12.3 Å². The van der Waals surface area contributed by atoms with Crippen molar-refractivity contribution in [3.8, 4) is 5.88 Å². The van der Waals surface area contributed by atoms with Crippen molar-refractivity contribution in [1.29, 1.82) is 0 Å². The number of rotatable bonds is 6. The van der Waals surface area contributed by atoms with Crippen LogP contribution in [-0.4, -0.2) is 61.3 Å². The van der Waals surface area contributed by atoms with Crippen LogP contribution in [0, 0.1) is 5.92 Å². The molecule has 0 aliphatic carbocycles. The van der Waals surface area contributed by atoms with Crippen LogP contribution in [0.15, 0.2) is 42.7 Å². The normalized spacial score (nSPS) is 17.0. The average Bonchev–Trinajstić information content (AvgIpc) is 3.39. The number of aromatic nitrogens is 5. The lowest BCUT2D eigenvalue weighted by Gasteiger charge is -2.33. The van der Waals surface area contributed by atoms with Crippen LogP contribution in [0.4, 0.5) is 26.3 Å². The lowest BCUT2D eigenvalue weighted by molar-refractivity contribution is -0.185. The maximum absolute atomic E-state index is 13.6. The fourth-order valence-electron chi connectivity index (χ4n) is 5.31. The number of halogens is 7. The minimum atomic E-state index is -4.77. The van der Waals surface area contributed by atoms with E-state index in [1.54, 1.807) is 0 Å². The van der Waals surface area contributed by atoms with Crippen LogP contribution in [-0.2, 0) is 25.4 Å². The number of likely N-dealkylation sites (tertiary alicyclic amines) is 1. The molecule has 4 heterocycles. The Labute approximate surface area is 240 Å². The summed E-state index contributed by atoms with van der Waals surface area (Å²) in [5.41, 5.74) is -2.48. The molecule has 0 saturated carbocycles. The maximum atomic E-state index is 13.6. The van der Waals surface area contributed by atoms with E-state index in [0.29, 0.717) is 16.5 Å². The lowest BCUT2D eigenvalue weighted by atomic mass is 9.83. The number of alkyl halides is 6. The van der Waals surface area contributed by atoms with Gasteiger partial charge in [0.15, 0.2) is 5.60 Å². The van der Waals surface area contributed by atoms with E-state index in [-0.39, 0.29) is 60.2 Å². The molecule has 0 amide bonds. The van der Waals surface area contributed by atoms with Gasteiger partial charge in [-0.2, -0.15) is 26.3 Å². The van der Waals surface area contributed by atoms with Crippen molar-refractivity contribution in [1.82, 2.24) is 29.9 Å². The Morgan fingerprint density at radius 1 is 1.05 bits per heavy atom. The van der Waals surface area contributed by atoms with Gasteiger partial charge in [-0.25, -0.2) is 9.67 Å². The maximum Gasteiger partial charge on any atom is 0.433 e. The van der Waals surface area contributed by atoms with Gasteiger partial charge in [-0.15, -0.1) is 5.10 Å². The van der Waals surface area contributed by atoms with E-state index < -0.39 is 29.6 Å². The Balaban J connectivity index is 1.60. The molecule has 4 aromatic rings. The van der Waals surface area contributed by atoms with E-state index in [4.69, 9.17) is 16.3 Å². The van der Waals surface area contributed by atoms with Crippen LogP contribution in [0.5, 0.6) is 5.88 Å². The van der Waals surface area contributed by atoms with Crippen LogP contribution in [0.1, 0.15) is 40.9 Å². The van der Waals surface area contributed by atoms with E-state index >= 15 is 0 Å².